The van der Waals surface area contributed by atoms with Gasteiger partial charge in [-0.25, -0.2) is 4.89 Å². The number of ether oxygens (including phenoxy) is 1. The molecular weight excluding hydrogens is 184 g/mol. The molecule has 4 heteroatoms. The van der Waals surface area contributed by atoms with Crippen LogP contribution in [0.4, 0.5) is 0 Å². The van der Waals surface area contributed by atoms with Gasteiger partial charge in [0.05, 0.1) is 7.11 Å². The molecular formula is C10H14O4. The predicted octanol–water partition coefficient (Wildman–Crippen LogP) is 1.54. The molecule has 1 aliphatic rings. The molecule has 0 bridgehead atoms. The summed E-state index contributed by atoms with van der Waals surface area (Å²) in [7, 11) is 1.32. The Morgan fingerprint density at radius 1 is 1.79 bits per heavy atom. The molecule has 0 radical (unpaired) electrons. The third kappa shape index (κ3) is 1.58. The number of esters is 1. The Kier molecular flexibility index (Phi) is 3.08. The molecule has 1 aliphatic carbocycles. The molecule has 0 fully saturated rings. The lowest BCUT2D eigenvalue weighted by Gasteiger charge is -2.32. The van der Waals surface area contributed by atoms with Crippen molar-refractivity contribution >= 4 is 5.97 Å². The minimum atomic E-state index is -0.902. The molecule has 14 heavy (non-hydrogen) atoms. The van der Waals surface area contributed by atoms with Gasteiger partial charge in [-0.15, -0.1) is 0 Å². The van der Waals surface area contributed by atoms with Crippen molar-refractivity contribution < 1.29 is 19.7 Å². The van der Waals surface area contributed by atoms with Crippen molar-refractivity contribution in [2.24, 2.45) is 5.41 Å². The van der Waals surface area contributed by atoms with E-state index in [1.165, 1.54) is 7.11 Å². The van der Waals surface area contributed by atoms with E-state index in [0.717, 1.165) is 0 Å². The number of carbonyl (C=O) groups is 1. The van der Waals surface area contributed by atoms with E-state index in [-0.39, 0.29) is 0 Å². The van der Waals surface area contributed by atoms with Gasteiger partial charge in [0, 0.05) is 0 Å². The largest absolute Gasteiger partial charge is 0.468 e. The first kappa shape index (κ1) is 10.9. The van der Waals surface area contributed by atoms with Gasteiger partial charge in [-0.2, -0.15) is 0 Å². The Hall–Kier alpha value is -1.13. The zero-order chi connectivity index (χ0) is 10.8. The minimum absolute atomic E-state index is 0.402. The van der Waals surface area contributed by atoms with Crippen molar-refractivity contribution in [1.82, 2.24) is 0 Å². The van der Waals surface area contributed by atoms with Crippen molar-refractivity contribution in [3.8, 4) is 0 Å². The van der Waals surface area contributed by atoms with E-state index in [2.05, 4.69) is 16.2 Å². The number of carbonyl (C=O) groups excluding carboxylic acids is 1. The van der Waals surface area contributed by atoms with Crippen LogP contribution < -0.4 is 0 Å². The third-order valence-corrected chi connectivity index (χ3v) is 2.59. The van der Waals surface area contributed by atoms with Crippen LogP contribution in [0.25, 0.3) is 0 Å². The average Bonchev–Trinajstić information content (AvgIpc) is 2.21. The van der Waals surface area contributed by atoms with Crippen LogP contribution in [-0.4, -0.2) is 24.4 Å². The van der Waals surface area contributed by atoms with E-state index in [1.807, 2.05) is 0 Å². The second kappa shape index (κ2) is 3.94. The minimum Gasteiger partial charge on any atom is -0.468 e. The van der Waals surface area contributed by atoms with Gasteiger partial charge in [-0.05, 0) is 18.9 Å². The monoisotopic (exact) mass is 198 g/mol. The van der Waals surface area contributed by atoms with Crippen molar-refractivity contribution in [3.63, 3.8) is 0 Å². The van der Waals surface area contributed by atoms with Crippen LogP contribution in [0.2, 0.25) is 0 Å². The number of hydrogen-bond donors (Lipinski definition) is 1. The Morgan fingerprint density at radius 2 is 2.43 bits per heavy atom. The molecule has 1 N–H and O–H groups in total. The van der Waals surface area contributed by atoms with Gasteiger partial charge in [-0.1, -0.05) is 18.7 Å². The van der Waals surface area contributed by atoms with Crippen molar-refractivity contribution in [2.75, 3.05) is 7.11 Å². The third-order valence-electron chi connectivity index (χ3n) is 2.59. The second-order valence-electron chi connectivity index (χ2n) is 3.45. The summed E-state index contributed by atoms with van der Waals surface area (Å²) in [6.07, 6.45) is 3.47. The first-order valence-corrected chi connectivity index (χ1v) is 4.32. The topological polar surface area (TPSA) is 55.8 Å². The lowest BCUT2D eigenvalue weighted by molar-refractivity contribution is -0.270. The summed E-state index contributed by atoms with van der Waals surface area (Å²) in [6.45, 7) is 5.43. The first-order chi connectivity index (χ1) is 6.56. The first-order valence-electron chi connectivity index (χ1n) is 4.32. The Bertz CT molecular complexity index is 282. The fourth-order valence-electron chi connectivity index (χ4n) is 1.53. The van der Waals surface area contributed by atoms with E-state index in [4.69, 9.17) is 5.26 Å². The maximum Gasteiger partial charge on any atom is 0.319 e. The summed E-state index contributed by atoms with van der Waals surface area (Å²) in [4.78, 5) is 15.7. The van der Waals surface area contributed by atoms with Gasteiger partial charge in [-0.3, -0.25) is 10.1 Å². The maximum atomic E-state index is 11.5. The zero-order valence-electron chi connectivity index (χ0n) is 8.32. The highest BCUT2D eigenvalue weighted by atomic mass is 17.1. The molecule has 0 saturated heterocycles. The molecule has 0 aliphatic heterocycles. The molecule has 0 heterocycles. The standard InChI is InChI=1S/C10H14O4/c1-7-8(14-12)5-4-6-10(7,2)9(11)13-3/h4,6,8,12H,1,5H2,2-3H3/t8-,10+/m1/s1. The smallest absolute Gasteiger partial charge is 0.319 e. The van der Waals surface area contributed by atoms with Crippen LogP contribution in [-0.2, 0) is 14.4 Å². The lowest BCUT2D eigenvalue weighted by atomic mass is 9.75. The molecule has 0 aromatic carbocycles. The highest BCUT2D eigenvalue weighted by molar-refractivity contribution is 5.83. The summed E-state index contributed by atoms with van der Waals surface area (Å²) < 4.78 is 4.67. The van der Waals surface area contributed by atoms with E-state index in [9.17, 15) is 4.79 Å². The van der Waals surface area contributed by atoms with Gasteiger partial charge < -0.3 is 4.74 Å². The van der Waals surface area contributed by atoms with E-state index >= 15 is 0 Å². The maximum absolute atomic E-state index is 11.5. The normalized spacial score (nSPS) is 31.6. The molecule has 0 spiro atoms. The fourth-order valence-corrected chi connectivity index (χ4v) is 1.53. The van der Waals surface area contributed by atoms with Crippen LogP contribution in [0, 0.1) is 5.41 Å². The Balaban J connectivity index is 2.98. The van der Waals surface area contributed by atoms with Gasteiger partial charge in [0.2, 0.25) is 0 Å². The molecule has 1 rings (SSSR count). The molecule has 4 nitrogen and oxygen atoms in total. The summed E-state index contributed by atoms with van der Waals surface area (Å²) in [5, 5.41) is 8.60. The SMILES string of the molecule is C=C1[C@H](OO)CC=C[C@]1(C)C(=O)OC. The van der Waals surface area contributed by atoms with Crippen LogP contribution in [0.5, 0.6) is 0 Å². The average molecular weight is 198 g/mol. The van der Waals surface area contributed by atoms with Gasteiger partial charge in [0.25, 0.3) is 0 Å². The Labute approximate surface area is 82.8 Å². The van der Waals surface area contributed by atoms with E-state index in [1.54, 1.807) is 19.1 Å². The zero-order valence-corrected chi connectivity index (χ0v) is 8.32. The Morgan fingerprint density at radius 3 is 2.93 bits per heavy atom. The summed E-state index contributed by atoms with van der Waals surface area (Å²) in [6, 6.07) is 0. The van der Waals surface area contributed by atoms with Crippen molar-refractivity contribution in [2.45, 2.75) is 19.4 Å². The van der Waals surface area contributed by atoms with E-state index < -0.39 is 17.5 Å². The summed E-state index contributed by atoms with van der Waals surface area (Å²) in [5.74, 6) is -0.402. The number of rotatable bonds is 2. The van der Waals surface area contributed by atoms with Crippen molar-refractivity contribution in [3.05, 3.63) is 24.3 Å². The molecule has 0 aromatic rings. The second-order valence-corrected chi connectivity index (χ2v) is 3.45. The van der Waals surface area contributed by atoms with Crippen LogP contribution in [0.15, 0.2) is 24.3 Å². The van der Waals surface area contributed by atoms with Gasteiger partial charge in [0.1, 0.15) is 11.5 Å². The van der Waals surface area contributed by atoms with E-state index in [0.29, 0.717) is 12.0 Å². The lowest BCUT2D eigenvalue weighted by Crippen LogP contribution is -2.36. The predicted molar refractivity (Wildman–Crippen MR) is 50.5 cm³/mol. The molecule has 0 saturated carbocycles. The number of methoxy groups -OCH3 is 1. The molecule has 0 amide bonds. The molecule has 0 unspecified atom stereocenters. The fraction of sp³-hybridized carbons (Fsp3) is 0.500. The summed E-state index contributed by atoms with van der Waals surface area (Å²) in [5.41, 5.74) is -0.394. The number of hydrogen-bond acceptors (Lipinski definition) is 4. The quantitative estimate of drug-likeness (QED) is 0.316. The van der Waals surface area contributed by atoms with Crippen LogP contribution in [0.3, 0.4) is 0 Å². The molecule has 0 aromatic heterocycles. The van der Waals surface area contributed by atoms with Crippen molar-refractivity contribution in [1.29, 1.82) is 0 Å². The van der Waals surface area contributed by atoms with Gasteiger partial charge >= 0.3 is 5.97 Å². The van der Waals surface area contributed by atoms with Crippen LogP contribution >= 0.6 is 0 Å². The summed E-state index contributed by atoms with van der Waals surface area (Å²) >= 11 is 0. The van der Waals surface area contributed by atoms with Gasteiger partial charge in [0.15, 0.2) is 0 Å². The molecule has 2 atom stereocenters. The molecule has 78 valence electrons. The highest BCUT2D eigenvalue weighted by Crippen LogP contribution is 2.37. The highest BCUT2D eigenvalue weighted by Gasteiger charge is 2.40. The van der Waals surface area contributed by atoms with Crippen LogP contribution in [0.1, 0.15) is 13.3 Å².